The van der Waals surface area contributed by atoms with Crippen LogP contribution in [-0.2, 0) is 5.60 Å². The number of phenolic OH excluding ortho intramolecular Hbond substituents is 1. The topological polar surface area (TPSA) is 118 Å². The van der Waals surface area contributed by atoms with E-state index in [2.05, 4.69) is 0 Å². The number of phenols is 1. The van der Waals surface area contributed by atoms with Crippen LogP contribution in [0.5, 0.6) is 5.75 Å². The van der Waals surface area contributed by atoms with Crippen LogP contribution in [0, 0.1) is 0 Å². The first kappa shape index (κ1) is 17.4. The van der Waals surface area contributed by atoms with Crippen molar-refractivity contribution in [1.29, 1.82) is 0 Å². The highest BCUT2D eigenvalue weighted by atomic mass is 16.4. The van der Waals surface area contributed by atoms with Crippen molar-refractivity contribution >= 4 is 5.97 Å². The lowest BCUT2D eigenvalue weighted by Crippen LogP contribution is -2.30. The summed E-state index contributed by atoms with van der Waals surface area (Å²) in [5.74, 6) is -1.44. The van der Waals surface area contributed by atoms with Crippen molar-refractivity contribution in [2.24, 2.45) is 0 Å². The minimum absolute atomic E-state index is 0.0599. The predicted molar refractivity (Wildman–Crippen MR) is 76.2 cm³/mol. The molecule has 0 aromatic heterocycles. The molecule has 6 heteroatoms. The molecule has 6 nitrogen and oxygen atoms in total. The number of carbonyl (C=O) groups is 1. The zero-order chi connectivity index (χ0) is 16.3. The van der Waals surface area contributed by atoms with E-state index in [-0.39, 0.29) is 29.9 Å². The van der Waals surface area contributed by atoms with Crippen LogP contribution < -0.4 is 0 Å². The van der Waals surface area contributed by atoms with Gasteiger partial charge >= 0.3 is 5.97 Å². The highest BCUT2D eigenvalue weighted by molar-refractivity contribution is 5.88. The van der Waals surface area contributed by atoms with Gasteiger partial charge in [-0.15, -0.1) is 0 Å². The number of rotatable bonds is 7. The van der Waals surface area contributed by atoms with Crippen molar-refractivity contribution < 1.29 is 30.3 Å². The van der Waals surface area contributed by atoms with Gasteiger partial charge in [-0.25, -0.2) is 4.79 Å². The van der Waals surface area contributed by atoms with Crippen molar-refractivity contribution in [1.82, 2.24) is 0 Å². The molecule has 0 aliphatic heterocycles. The molecule has 2 unspecified atom stereocenters. The molecule has 0 aliphatic carbocycles. The van der Waals surface area contributed by atoms with Gasteiger partial charge < -0.3 is 25.5 Å². The van der Waals surface area contributed by atoms with Crippen LogP contribution in [-0.4, -0.2) is 43.7 Å². The minimum Gasteiger partial charge on any atom is -0.508 e. The zero-order valence-corrected chi connectivity index (χ0v) is 12.2. The smallest absolute Gasteiger partial charge is 0.335 e. The summed E-state index contributed by atoms with van der Waals surface area (Å²) in [5, 5.41) is 47.8. The molecule has 0 radical (unpaired) electrons. The fraction of sp³-hybridized carbons (Fsp3) is 0.533. The minimum atomic E-state index is -1.35. The predicted octanol–water partition coefficient (Wildman–Crippen LogP) is 1.21. The van der Waals surface area contributed by atoms with Gasteiger partial charge in [-0.1, -0.05) is 6.07 Å². The Bertz CT molecular complexity index is 507. The number of aromatic hydroxyl groups is 1. The lowest BCUT2D eigenvalue weighted by molar-refractivity contribution is -0.0164. The van der Waals surface area contributed by atoms with Gasteiger partial charge in [-0.3, -0.25) is 0 Å². The maximum absolute atomic E-state index is 10.8. The SMILES string of the molecule is CC(O)(CO)CCCC(C)(O)c1ccc(C(=O)O)cc1O. The first-order chi connectivity index (χ1) is 9.59. The van der Waals surface area contributed by atoms with E-state index < -0.39 is 17.2 Å². The third-order valence-electron chi connectivity index (χ3n) is 3.54. The first-order valence-corrected chi connectivity index (χ1v) is 6.71. The molecule has 0 amide bonds. The van der Waals surface area contributed by atoms with E-state index in [1.54, 1.807) is 0 Å². The normalized spacial score (nSPS) is 17.0. The van der Waals surface area contributed by atoms with Crippen molar-refractivity contribution in [2.75, 3.05) is 6.61 Å². The molecule has 0 aliphatic rings. The molecule has 0 heterocycles. The third kappa shape index (κ3) is 4.70. The standard InChI is InChI=1S/C15H22O6/c1-14(20,9-16)6-3-7-15(2,21)11-5-4-10(13(18)19)8-12(11)17/h4-5,8,16-17,20-21H,3,6-7,9H2,1-2H3,(H,18,19). The van der Waals surface area contributed by atoms with E-state index in [0.29, 0.717) is 12.8 Å². The van der Waals surface area contributed by atoms with Crippen molar-refractivity contribution in [3.8, 4) is 5.75 Å². The van der Waals surface area contributed by atoms with E-state index in [0.717, 1.165) is 6.07 Å². The monoisotopic (exact) mass is 298 g/mol. The highest BCUT2D eigenvalue weighted by Gasteiger charge is 2.28. The molecule has 0 saturated carbocycles. The Balaban J connectivity index is 2.81. The number of carboxylic acids is 1. The molecule has 0 fully saturated rings. The Labute approximate surface area is 123 Å². The fourth-order valence-corrected chi connectivity index (χ4v) is 2.15. The maximum atomic E-state index is 10.8. The molecular formula is C15H22O6. The molecule has 2 atom stereocenters. The molecule has 0 spiro atoms. The summed E-state index contributed by atoms with van der Waals surface area (Å²) < 4.78 is 0. The van der Waals surface area contributed by atoms with Crippen molar-refractivity contribution in [2.45, 2.75) is 44.3 Å². The van der Waals surface area contributed by atoms with Gasteiger partial charge in [-0.05, 0) is 45.2 Å². The second-order valence-corrected chi connectivity index (χ2v) is 5.82. The molecule has 1 rings (SSSR count). The quantitative estimate of drug-likeness (QED) is 0.516. The van der Waals surface area contributed by atoms with E-state index >= 15 is 0 Å². The lowest BCUT2D eigenvalue weighted by Gasteiger charge is -2.27. The largest absolute Gasteiger partial charge is 0.508 e. The second kappa shape index (κ2) is 6.43. The summed E-state index contributed by atoms with van der Waals surface area (Å²) in [6.45, 7) is 2.64. The van der Waals surface area contributed by atoms with Crippen molar-refractivity contribution in [3.63, 3.8) is 0 Å². The summed E-state index contributed by atoms with van der Waals surface area (Å²) >= 11 is 0. The van der Waals surface area contributed by atoms with Crippen LogP contribution in [0.15, 0.2) is 18.2 Å². The van der Waals surface area contributed by atoms with Gasteiger partial charge in [0.25, 0.3) is 0 Å². The van der Waals surface area contributed by atoms with E-state index in [1.807, 2.05) is 0 Å². The number of carboxylic acid groups (broad SMARTS) is 1. The van der Waals surface area contributed by atoms with E-state index in [9.17, 15) is 20.1 Å². The molecule has 5 N–H and O–H groups in total. The van der Waals surface area contributed by atoms with Crippen LogP contribution in [0.2, 0.25) is 0 Å². The third-order valence-corrected chi connectivity index (χ3v) is 3.54. The first-order valence-electron chi connectivity index (χ1n) is 6.71. The van der Waals surface area contributed by atoms with Crippen LogP contribution >= 0.6 is 0 Å². The number of hydrogen-bond acceptors (Lipinski definition) is 5. The molecule has 0 bridgehead atoms. The Morgan fingerprint density at radius 2 is 1.81 bits per heavy atom. The van der Waals surface area contributed by atoms with Crippen LogP contribution in [0.3, 0.4) is 0 Å². The van der Waals surface area contributed by atoms with Gasteiger partial charge in [-0.2, -0.15) is 0 Å². The number of hydrogen-bond donors (Lipinski definition) is 5. The Morgan fingerprint density at radius 3 is 2.29 bits per heavy atom. The van der Waals surface area contributed by atoms with Crippen LogP contribution in [0.25, 0.3) is 0 Å². The van der Waals surface area contributed by atoms with Crippen molar-refractivity contribution in [3.05, 3.63) is 29.3 Å². The number of benzene rings is 1. The van der Waals surface area contributed by atoms with E-state index in [1.165, 1.54) is 26.0 Å². The van der Waals surface area contributed by atoms with Crippen LogP contribution in [0.4, 0.5) is 0 Å². The Kier molecular flexibility index (Phi) is 5.33. The number of aromatic carboxylic acids is 1. The second-order valence-electron chi connectivity index (χ2n) is 5.82. The summed E-state index contributed by atoms with van der Waals surface area (Å²) in [4.78, 5) is 10.8. The van der Waals surface area contributed by atoms with Gasteiger partial charge in [0.15, 0.2) is 0 Å². The van der Waals surface area contributed by atoms with Gasteiger partial charge in [0.1, 0.15) is 5.75 Å². The average Bonchev–Trinajstić information content (AvgIpc) is 2.37. The maximum Gasteiger partial charge on any atom is 0.335 e. The lowest BCUT2D eigenvalue weighted by atomic mass is 9.87. The van der Waals surface area contributed by atoms with Gasteiger partial charge in [0.2, 0.25) is 0 Å². The average molecular weight is 298 g/mol. The summed E-state index contributed by atoms with van der Waals surface area (Å²) in [6.07, 6.45) is 0.984. The fourth-order valence-electron chi connectivity index (χ4n) is 2.15. The molecule has 118 valence electrons. The van der Waals surface area contributed by atoms with E-state index in [4.69, 9.17) is 10.2 Å². The molecule has 21 heavy (non-hydrogen) atoms. The summed E-state index contributed by atoms with van der Waals surface area (Å²) in [6, 6.07) is 3.79. The van der Waals surface area contributed by atoms with Gasteiger partial charge in [0.05, 0.1) is 23.4 Å². The Hall–Kier alpha value is -1.63. The summed E-state index contributed by atoms with van der Waals surface area (Å²) in [5.41, 5.74) is -2.38. The van der Waals surface area contributed by atoms with Crippen LogP contribution in [0.1, 0.15) is 49.0 Å². The molecular weight excluding hydrogens is 276 g/mol. The van der Waals surface area contributed by atoms with Gasteiger partial charge in [0, 0.05) is 5.56 Å². The number of aliphatic hydroxyl groups is 3. The molecule has 0 saturated heterocycles. The summed E-state index contributed by atoms with van der Waals surface area (Å²) in [7, 11) is 0. The molecule has 1 aromatic carbocycles. The Morgan fingerprint density at radius 1 is 1.19 bits per heavy atom. The number of aliphatic hydroxyl groups excluding tert-OH is 1. The highest BCUT2D eigenvalue weighted by Crippen LogP contribution is 2.34. The zero-order valence-electron chi connectivity index (χ0n) is 12.2. The molecule has 1 aromatic rings.